The molecular formula is C14H12Br2ClFN2. The van der Waals surface area contributed by atoms with Gasteiger partial charge in [-0.3, -0.25) is 11.3 Å². The van der Waals surface area contributed by atoms with Crippen molar-refractivity contribution in [2.24, 2.45) is 5.84 Å². The summed E-state index contributed by atoms with van der Waals surface area (Å²) in [4.78, 5) is 0. The molecule has 106 valence electrons. The van der Waals surface area contributed by atoms with E-state index in [9.17, 15) is 4.39 Å². The number of halogens is 4. The summed E-state index contributed by atoms with van der Waals surface area (Å²) in [7, 11) is 0. The first-order valence-corrected chi connectivity index (χ1v) is 7.82. The van der Waals surface area contributed by atoms with Crippen LogP contribution in [0, 0.1) is 5.82 Å². The van der Waals surface area contributed by atoms with Crippen LogP contribution in [0.5, 0.6) is 0 Å². The summed E-state index contributed by atoms with van der Waals surface area (Å²) < 4.78 is 15.5. The summed E-state index contributed by atoms with van der Waals surface area (Å²) in [5.41, 5.74) is 4.08. The highest BCUT2D eigenvalue weighted by Gasteiger charge is 2.16. The van der Waals surface area contributed by atoms with Gasteiger partial charge in [0.15, 0.2) is 0 Å². The molecule has 3 N–H and O–H groups in total. The lowest BCUT2D eigenvalue weighted by atomic mass is 9.99. The second-order valence-corrected chi connectivity index (χ2v) is 6.56. The Kier molecular flexibility index (Phi) is 5.57. The molecule has 0 radical (unpaired) electrons. The van der Waals surface area contributed by atoms with E-state index in [1.54, 1.807) is 18.2 Å². The Hall–Kier alpha value is -0.460. The summed E-state index contributed by atoms with van der Waals surface area (Å²) >= 11 is 12.9. The highest BCUT2D eigenvalue weighted by molar-refractivity contribution is 9.10. The first-order chi connectivity index (χ1) is 9.51. The van der Waals surface area contributed by atoms with Crippen LogP contribution >= 0.6 is 43.5 Å². The van der Waals surface area contributed by atoms with Gasteiger partial charge in [0.1, 0.15) is 5.82 Å². The van der Waals surface area contributed by atoms with Crippen LogP contribution in [0.15, 0.2) is 45.3 Å². The maximum atomic E-state index is 13.8. The molecule has 0 saturated carbocycles. The average molecular weight is 423 g/mol. The lowest BCUT2D eigenvalue weighted by Gasteiger charge is -2.18. The number of hydrogen-bond acceptors (Lipinski definition) is 2. The van der Waals surface area contributed by atoms with E-state index in [-0.39, 0.29) is 11.9 Å². The smallest absolute Gasteiger partial charge is 0.126 e. The summed E-state index contributed by atoms with van der Waals surface area (Å²) in [6, 6.07) is 10.1. The second-order valence-electron chi connectivity index (χ2n) is 4.32. The van der Waals surface area contributed by atoms with Crippen molar-refractivity contribution in [3.8, 4) is 0 Å². The van der Waals surface area contributed by atoms with Gasteiger partial charge in [-0.1, -0.05) is 43.5 Å². The third-order valence-electron chi connectivity index (χ3n) is 2.97. The normalized spacial score (nSPS) is 12.4. The van der Waals surface area contributed by atoms with E-state index in [1.807, 2.05) is 12.1 Å². The van der Waals surface area contributed by atoms with Gasteiger partial charge in [-0.05, 0) is 53.9 Å². The van der Waals surface area contributed by atoms with Crippen LogP contribution in [0.2, 0.25) is 5.02 Å². The standard InChI is InChI=1S/C14H12Br2ClFN2/c15-9-2-4-13(18)8(5-9)6-14(20-19)11-7-10(16)1-3-12(11)17/h1-5,7,14,20H,6,19H2. The minimum absolute atomic E-state index is 0.264. The average Bonchev–Trinajstić information content (AvgIpc) is 2.42. The molecule has 0 aliphatic heterocycles. The van der Waals surface area contributed by atoms with Crippen molar-refractivity contribution in [2.75, 3.05) is 0 Å². The van der Waals surface area contributed by atoms with Crippen LogP contribution in [0.4, 0.5) is 4.39 Å². The molecule has 0 fully saturated rings. The minimum atomic E-state index is -0.274. The number of hydrogen-bond donors (Lipinski definition) is 2. The van der Waals surface area contributed by atoms with Crippen molar-refractivity contribution in [3.05, 3.63) is 67.3 Å². The Balaban J connectivity index is 2.33. The Morgan fingerprint density at radius 2 is 1.80 bits per heavy atom. The number of nitrogens with one attached hydrogen (secondary N) is 1. The molecule has 0 amide bonds. The van der Waals surface area contributed by atoms with E-state index < -0.39 is 0 Å². The molecule has 1 atom stereocenters. The molecule has 2 aromatic rings. The molecular weight excluding hydrogens is 410 g/mol. The molecule has 1 unspecified atom stereocenters. The zero-order valence-corrected chi connectivity index (χ0v) is 14.3. The predicted molar refractivity (Wildman–Crippen MR) is 87.0 cm³/mol. The van der Waals surface area contributed by atoms with Crippen LogP contribution in [-0.2, 0) is 6.42 Å². The summed E-state index contributed by atoms with van der Waals surface area (Å²) in [6.07, 6.45) is 0.401. The van der Waals surface area contributed by atoms with Crippen LogP contribution in [-0.4, -0.2) is 0 Å². The third kappa shape index (κ3) is 3.80. The summed E-state index contributed by atoms with van der Waals surface area (Å²) in [5, 5.41) is 0.589. The summed E-state index contributed by atoms with van der Waals surface area (Å²) in [6.45, 7) is 0. The van der Waals surface area contributed by atoms with Gasteiger partial charge in [-0.2, -0.15) is 0 Å². The fourth-order valence-electron chi connectivity index (χ4n) is 1.96. The summed E-state index contributed by atoms with van der Waals surface area (Å²) in [5.74, 6) is 5.34. The molecule has 0 heterocycles. The van der Waals surface area contributed by atoms with Crippen molar-refractivity contribution in [2.45, 2.75) is 12.5 Å². The molecule has 0 aromatic heterocycles. The van der Waals surface area contributed by atoms with Crippen LogP contribution in [0.25, 0.3) is 0 Å². The number of nitrogens with two attached hydrogens (primary N) is 1. The molecule has 0 saturated heterocycles. The van der Waals surface area contributed by atoms with Crippen molar-refractivity contribution < 1.29 is 4.39 Å². The van der Waals surface area contributed by atoms with E-state index in [0.717, 1.165) is 14.5 Å². The van der Waals surface area contributed by atoms with Gasteiger partial charge in [0.25, 0.3) is 0 Å². The van der Waals surface area contributed by atoms with Gasteiger partial charge in [-0.15, -0.1) is 0 Å². The molecule has 0 spiro atoms. The van der Waals surface area contributed by atoms with Crippen LogP contribution in [0.3, 0.4) is 0 Å². The number of benzene rings is 2. The van der Waals surface area contributed by atoms with Crippen molar-refractivity contribution in [1.29, 1.82) is 0 Å². The van der Waals surface area contributed by atoms with Gasteiger partial charge >= 0.3 is 0 Å². The van der Waals surface area contributed by atoms with Crippen LogP contribution in [0.1, 0.15) is 17.2 Å². The Bertz CT molecular complexity index is 622. The maximum Gasteiger partial charge on any atom is 0.126 e. The second kappa shape index (κ2) is 7.00. The molecule has 2 aromatic carbocycles. The zero-order chi connectivity index (χ0) is 14.7. The largest absolute Gasteiger partial charge is 0.271 e. The molecule has 0 bridgehead atoms. The lowest BCUT2D eigenvalue weighted by Crippen LogP contribution is -2.30. The third-order valence-corrected chi connectivity index (χ3v) is 4.30. The minimum Gasteiger partial charge on any atom is -0.271 e. The SMILES string of the molecule is NNC(Cc1cc(Br)ccc1F)c1cc(Br)ccc1Cl. The van der Waals surface area contributed by atoms with Gasteiger partial charge in [0.2, 0.25) is 0 Å². The topological polar surface area (TPSA) is 38.0 Å². The molecule has 2 rings (SSSR count). The van der Waals surface area contributed by atoms with E-state index in [0.29, 0.717) is 17.0 Å². The Labute approximate surface area is 138 Å². The van der Waals surface area contributed by atoms with Crippen LogP contribution < -0.4 is 11.3 Å². The molecule has 6 heteroatoms. The van der Waals surface area contributed by atoms with Gasteiger partial charge < -0.3 is 0 Å². The fraction of sp³-hybridized carbons (Fsp3) is 0.143. The monoisotopic (exact) mass is 420 g/mol. The van der Waals surface area contributed by atoms with E-state index in [4.69, 9.17) is 17.4 Å². The Morgan fingerprint density at radius 3 is 2.50 bits per heavy atom. The van der Waals surface area contributed by atoms with E-state index in [2.05, 4.69) is 37.3 Å². The zero-order valence-electron chi connectivity index (χ0n) is 10.3. The maximum absolute atomic E-state index is 13.8. The Morgan fingerprint density at radius 1 is 1.15 bits per heavy atom. The molecule has 0 aliphatic rings. The fourth-order valence-corrected chi connectivity index (χ4v) is 3.00. The molecule has 2 nitrogen and oxygen atoms in total. The van der Waals surface area contributed by atoms with Crippen molar-refractivity contribution in [1.82, 2.24) is 5.43 Å². The predicted octanol–water partition coefficient (Wildman–Crippen LogP) is 4.75. The number of hydrazine groups is 1. The highest BCUT2D eigenvalue weighted by Crippen LogP contribution is 2.29. The first kappa shape index (κ1) is 15.9. The van der Waals surface area contributed by atoms with Gasteiger partial charge in [0.05, 0.1) is 6.04 Å². The van der Waals surface area contributed by atoms with E-state index >= 15 is 0 Å². The van der Waals surface area contributed by atoms with E-state index in [1.165, 1.54) is 6.07 Å². The quantitative estimate of drug-likeness (QED) is 0.551. The van der Waals surface area contributed by atoms with Crippen molar-refractivity contribution in [3.63, 3.8) is 0 Å². The molecule has 20 heavy (non-hydrogen) atoms. The van der Waals surface area contributed by atoms with Gasteiger partial charge in [0, 0.05) is 14.0 Å². The lowest BCUT2D eigenvalue weighted by molar-refractivity contribution is 0.529. The number of rotatable bonds is 4. The highest BCUT2D eigenvalue weighted by atomic mass is 79.9. The van der Waals surface area contributed by atoms with Gasteiger partial charge in [-0.25, -0.2) is 4.39 Å². The molecule has 0 aliphatic carbocycles. The first-order valence-electron chi connectivity index (χ1n) is 5.86. The van der Waals surface area contributed by atoms with Crippen molar-refractivity contribution >= 4 is 43.5 Å².